The molecular formula is C20H27N. The highest BCUT2D eigenvalue weighted by Crippen LogP contribution is 2.46. The van der Waals surface area contributed by atoms with E-state index in [1.54, 1.807) is 0 Å². The third-order valence-electron chi connectivity index (χ3n) is 4.68. The number of benzene rings is 2. The summed E-state index contributed by atoms with van der Waals surface area (Å²) >= 11 is 0. The van der Waals surface area contributed by atoms with Gasteiger partial charge in [0, 0.05) is 11.7 Å². The minimum absolute atomic E-state index is 0.427. The van der Waals surface area contributed by atoms with Gasteiger partial charge < -0.3 is 5.32 Å². The van der Waals surface area contributed by atoms with Gasteiger partial charge in [-0.1, -0.05) is 58.0 Å². The molecule has 0 spiro atoms. The van der Waals surface area contributed by atoms with Crippen LogP contribution in [0.4, 0.5) is 5.69 Å². The Morgan fingerprint density at radius 2 is 1.48 bits per heavy atom. The van der Waals surface area contributed by atoms with Crippen molar-refractivity contribution in [2.75, 3.05) is 5.32 Å². The maximum Gasteiger partial charge on any atom is 0.0348 e. The van der Waals surface area contributed by atoms with Crippen LogP contribution in [-0.2, 0) is 0 Å². The Morgan fingerprint density at radius 3 is 2.14 bits per heavy atom. The van der Waals surface area contributed by atoms with Crippen molar-refractivity contribution in [3.8, 4) is 0 Å². The van der Waals surface area contributed by atoms with E-state index in [2.05, 4.69) is 75.5 Å². The van der Waals surface area contributed by atoms with Crippen LogP contribution >= 0.6 is 0 Å². The SMILES string of the molecule is CC1(C)CC(Nc2ccc3ccccc3c2)CC(C)(C)C1. The molecule has 0 atom stereocenters. The fourth-order valence-corrected chi connectivity index (χ4v) is 4.46. The molecule has 0 bridgehead atoms. The predicted molar refractivity (Wildman–Crippen MR) is 92.8 cm³/mol. The molecule has 0 saturated heterocycles. The van der Waals surface area contributed by atoms with Crippen molar-refractivity contribution in [3.05, 3.63) is 42.5 Å². The Hall–Kier alpha value is -1.50. The lowest BCUT2D eigenvalue weighted by molar-refractivity contribution is 0.105. The number of nitrogens with one attached hydrogen (secondary N) is 1. The maximum absolute atomic E-state index is 3.78. The van der Waals surface area contributed by atoms with E-state index in [0.29, 0.717) is 16.9 Å². The summed E-state index contributed by atoms with van der Waals surface area (Å²) in [5.41, 5.74) is 2.11. The number of hydrogen-bond donors (Lipinski definition) is 1. The molecular weight excluding hydrogens is 254 g/mol. The van der Waals surface area contributed by atoms with Crippen molar-refractivity contribution in [3.63, 3.8) is 0 Å². The number of hydrogen-bond acceptors (Lipinski definition) is 1. The first-order chi connectivity index (χ1) is 9.83. The van der Waals surface area contributed by atoms with Gasteiger partial charge in [0.25, 0.3) is 0 Å². The molecule has 0 heterocycles. The van der Waals surface area contributed by atoms with Crippen LogP contribution in [-0.4, -0.2) is 6.04 Å². The van der Waals surface area contributed by atoms with Gasteiger partial charge in [-0.25, -0.2) is 0 Å². The van der Waals surface area contributed by atoms with Crippen LogP contribution in [0.15, 0.2) is 42.5 Å². The van der Waals surface area contributed by atoms with Gasteiger partial charge in [-0.15, -0.1) is 0 Å². The van der Waals surface area contributed by atoms with Gasteiger partial charge in [0.2, 0.25) is 0 Å². The largest absolute Gasteiger partial charge is 0.382 e. The van der Waals surface area contributed by atoms with E-state index in [4.69, 9.17) is 0 Å². The summed E-state index contributed by atoms with van der Waals surface area (Å²) in [4.78, 5) is 0. The Kier molecular flexibility index (Phi) is 3.47. The first kappa shape index (κ1) is 14.4. The van der Waals surface area contributed by atoms with Gasteiger partial charge in [0.1, 0.15) is 0 Å². The summed E-state index contributed by atoms with van der Waals surface area (Å²) in [5, 5.41) is 6.41. The predicted octanol–water partition coefficient (Wildman–Crippen LogP) is 5.86. The fraction of sp³-hybridized carbons (Fsp3) is 0.500. The standard InChI is InChI=1S/C20H27N/c1-19(2)12-18(13-20(3,4)14-19)21-17-10-9-15-7-5-6-8-16(15)11-17/h5-11,18,21H,12-14H2,1-4H3. The Bertz CT molecular complexity index is 623. The molecule has 0 amide bonds. The first-order valence-electron chi connectivity index (χ1n) is 8.08. The van der Waals surface area contributed by atoms with Gasteiger partial charge in [-0.2, -0.15) is 0 Å². The molecule has 0 aromatic heterocycles. The quantitative estimate of drug-likeness (QED) is 0.727. The normalized spacial score (nSPS) is 21.3. The fourth-order valence-electron chi connectivity index (χ4n) is 4.46. The van der Waals surface area contributed by atoms with Crippen LogP contribution in [0.5, 0.6) is 0 Å². The molecule has 1 aliphatic rings. The van der Waals surface area contributed by atoms with Crippen molar-refractivity contribution in [2.24, 2.45) is 10.8 Å². The van der Waals surface area contributed by atoms with Crippen molar-refractivity contribution in [2.45, 2.75) is 53.0 Å². The Balaban J connectivity index is 1.81. The van der Waals surface area contributed by atoms with Crippen LogP contribution in [0.1, 0.15) is 47.0 Å². The maximum atomic E-state index is 3.78. The summed E-state index contributed by atoms with van der Waals surface area (Å²) in [6.07, 6.45) is 3.82. The van der Waals surface area contributed by atoms with Crippen molar-refractivity contribution in [1.29, 1.82) is 0 Å². The highest BCUT2D eigenvalue weighted by Gasteiger charge is 2.38. The molecule has 1 saturated carbocycles. The highest BCUT2D eigenvalue weighted by molar-refractivity contribution is 5.85. The molecule has 2 aromatic carbocycles. The minimum atomic E-state index is 0.427. The molecule has 0 unspecified atom stereocenters. The molecule has 112 valence electrons. The van der Waals surface area contributed by atoms with E-state index >= 15 is 0 Å². The van der Waals surface area contributed by atoms with Crippen molar-refractivity contribution in [1.82, 2.24) is 0 Å². The summed E-state index contributed by atoms with van der Waals surface area (Å²) < 4.78 is 0. The van der Waals surface area contributed by atoms with Crippen LogP contribution in [0, 0.1) is 10.8 Å². The van der Waals surface area contributed by atoms with E-state index in [1.807, 2.05) is 0 Å². The molecule has 1 N–H and O–H groups in total. The second kappa shape index (κ2) is 5.05. The van der Waals surface area contributed by atoms with E-state index in [-0.39, 0.29) is 0 Å². The second-order valence-corrected chi connectivity index (χ2v) is 8.32. The number of anilines is 1. The van der Waals surface area contributed by atoms with Gasteiger partial charge >= 0.3 is 0 Å². The summed E-state index contributed by atoms with van der Waals surface area (Å²) in [6, 6.07) is 15.9. The third-order valence-corrected chi connectivity index (χ3v) is 4.68. The Morgan fingerprint density at radius 1 is 0.857 bits per heavy atom. The number of rotatable bonds is 2. The monoisotopic (exact) mass is 281 g/mol. The summed E-state index contributed by atoms with van der Waals surface area (Å²) in [7, 11) is 0. The molecule has 1 aliphatic carbocycles. The van der Waals surface area contributed by atoms with E-state index in [9.17, 15) is 0 Å². The zero-order valence-electron chi connectivity index (χ0n) is 13.7. The van der Waals surface area contributed by atoms with Gasteiger partial charge in [0.05, 0.1) is 0 Å². The molecule has 0 radical (unpaired) electrons. The lowest BCUT2D eigenvalue weighted by atomic mass is 9.63. The first-order valence-corrected chi connectivity index (χ1v) is 8.08. The smallest absolute Gasteiger partial charge is 0.0348 e. The van der Waals surface area contributed by atoms with Crippen LogP contribution in [0.3, 0.4) is 0 Å². The third kappa shape index (κ3) is 3.40. The molecule has 1 heteroatoms. The second-order valence-electron chi connectivity index (χ2n) is 8.32. The zero-order chi connectivity index (χ0) is 15.1. The van der Waals surface area contributed by atoms with Crippen LogP contribution in [0.25, 0.3) is 10.8 Å². The summed E-state index contributed by atoms with van der Waals surface area (Å²) in [6.45, 7) is 9.62. The lowest BCUT2D eigenvalue weighted by Crippen LogP contribution is -2.40. The topological polar surface area (TPSA) is 12.0 Å². The minimum Gasteiger partial charge on any atom is -0.382 e. The molecule has 0 aliphatic heterocycles. The van der Waals surface area contributed by atoms with Gasteiger partial charge in [0.15, 0.2) is 0 Å². The molecule has 2 aromatic rings. The van der Waals surface area contributed by atoms with E-state index in [0.717, 1.165) is 0 Å². The highest BCUT2D eigenvalue weighted by atomic mass is 14.9. The van der Waals surface area contributed by atoms with E-state index < -0.39 is 0 Å². The number of fused-ring (bicyclic) bond motifs is 1. The van der Waals surface area contributed by atoms with Crippen LogP contribution in [0.2, 0.25) is 0 Å². The van der Waals surface area contributed by atoms with Crippen LogP contribution < -0.4 is 5.32 Å². The molecule has 21 heavy (non-hydrogen) atoms. The van der Waals surface area contributed by atoms with Crippen molar-refractivity contribution < 1.29 is 0 Å². The molecule has 3 rings (SSSR count). The summed E-state index contributed by atoms with van der Waals surface area (Å²) in [5.74, 6) is 0. The average Bonchev–Trinajstić information content (AvgIpc) is 2.34. The van der Waals surface area contributed by atoms with Gasteiger partial charge in [-0.3, -0.25) is 0 Å². The van der Waals surface area contributed by atoms with Crippen molar-refractivity contribution >= 4 is 16.5 Å². The van der Waals surface area contributed by atoms with E-state index in [1.165, 1.54) is 35.7 Å². The molecule has 1 nitrogen and oxygen atoms in total. The Labute approximate surface area is 128 Å². The lowest BCUT2D eigenvalue weighted by Gasteiger charge is -2.45. The molecule has 1 fully saturated rings. The zero-order valence-corrected chi connectivity index (χ0v) is 13.7. The van der Waals surface area contributed by atoms with Gasteiger partial charge in [-0.05, 0) is 53.0 Å². The average molecular weight is 281 g/mol.